The molecule has 0 fully saturated rings. The lowest BCUT2D eigenvalue weighted by Crippen LogP contribution is -2.09. The highest BCUT2D eigenvalue weighted by molar-refractivity contribution is 6.09. The second kappa shape index (κ2) is 14.2. The van der Waals surface area contributed by atoms with Crippen molar-refractivity contribution in [1.82, 2.24) is 0 Å². The molecular formula is C30H46O. The molecular weight excluding hydrogens is 376 g/mol. The summed E-state index contributed by atoms with van der Waals surface area (Å²) >= 11 is 0. The van der Waals surface area contributed by atoms with Crippen LogP contribution in [0.4, 0.5) is 0 Å². The molecule has 0 aliphatic carbocycles. The van der Waals surface area contributed by atoms with Crippen molar-refractivity contribution in [2.45, 2.75) is 99.3 Å². The van der Waals surface area contributed by atoms with Crippen molar-refractivity contribution in [1.29, 1.82) is 0 Å². The maximum atomic E-state index is 13.4. The predicted molar refractivity (Wildman–Crippen MR) is 138 cm³/mol. The normalized spacial score (nSPS) is 15.1. The highest BCUT2D eigenvalue weighted by Crippen LogP contribution is 2.31. The molecule has 3 atom stereocenters. The Morgan fingerprint density at radius 1 is 1.10 bits per heavy atom. The van der Waals surface area contributed by atoms with Gasteiger partial charge in [0, 0.05) is 11.5 Å². The average Bonchev–Trinajstić information content (AvgIpc) is 2.76. The lowest BCUT2D eigenvalue weighted by Gasteiger charge is -2.20. The molecule has 0 saturated carbocycles. The van der Waals surface area contributed by atoms with Crippen LogP contribution in [-0.2, 0) is 6.42 Å². The molecule has 2 unspecified atom stereocenters. The van der Waals surface area contributed by atoms with Crippen LogP contribution >= 0.6 is 0 Å². The summed E-state index contributed by atoms with van der Waals surface area (Å²) in [4.78, 5) is 13.4. The highest BCUT2D eigenvalue weighted by atomic mass is 16.1. The van der Waals surface area contributed by atoms with Crippen molar-refractivity contribution in [2.24, 2.45) is 11.8 Å². The molecule has 1 aromatic carbocycles. The molecule has 0 radical (unpaired) electrons. The molecule has 0 saturated heterocycles. The smallest absolute Gasteiger partial charge is 0.188 e. The second-order valence-electron chi connectivity index (χ2n) is 9.34. The molecule has 31 heavy (non-hydrogen) atoms. The molecule has 172 valence electrons. The van der Waals surface area contributed by atoms with Crippen LogP contribution in [0.1, 0.15) is 114 Å². The molecule has 0 N–H and O–H groups in total. The van der Waals surface area contributed by atoms with E-state index in [4.69, 9.17) is 0 Å². The summed E-state index contributed by atoms with van der Waals surface area (Å²) in [6.07, 6.45) is 14.1. The van der Waals surface area contributed by atoms with Crippen LogP contribution in [-0.4, -0.2) is 5.78 Å². The van der Waals surface area contributed by atoms with E-state index in [1.54, 1.807) is 0 Å². The third-order valence-electron chi connectivity index (χ3n) is 6.64. The van der Waals surface area contributed by atoms with Crippen LogP contribution in [0.25, 0.3) is 0 Å². The van der Waals surface area contributed by atoms with Crippen LogP contribution in [0.5, 0.6) is 0 Å². The van der Waals surface area contributed by atoms with Crippen molar-refractivity contribution in [3.8, 4) is 0 Å². The summed E-state index contributed by atoms with van der Waals surface area (Å²) in [5, 5.41) is 0. The van der Waals surface area contributed by atoms with Crippen LogP contribution in [0.3, 0.4) is 0 Å². The van der Waals surface area contributed by atoms with E-state index < -0.39 is 0 Å². The summed E-state index contributed by atoms with van der Waals surface area (Å²) in [6.45, 7) is 19.5. The third kappa shape index (κ3) is 8.63. The topological polar surface area (TPSA) is 17.1 Å². The zero-order valence-corrected chi connectivity index (χ0v) is 21.3. The summed E-state index contributed by atoms with van der Waals surface area (Å²) in [6, 6.07) is 6.55. The maximum absolute atomic E-state index is 13.4. The van der Waals surface area contributed by atoms with Crippen molar-refractivity contribution in [3.05, 3.63) is 70.8 Å². The highest BCUT2D eigenvalue weighted by Gasteiger charge is 2.18. The predicted octanol–water partition coefficient (Wildman–Crippen LogP) is 9.25. The van der Waals surface area contributed by atoms with E-state index in [-0.39, 0.29) is 5.78 Å². The molecule has 1 rings (SSSR count). The minimum absolute atomic E-state index is 0.171. The number of allylic oxidation sites excluding steroid dienone is 5. The largest absolute Gasteiger partial charge is 0.289 e. The molecule has 0 aromatic heterocycles. The van der Waals surface area contributed by atoms with Gasteiger partial charge >= 0.3 is 0 Å². The van der Waals surface area contributed by atoms with Gasteiger partial charge in [-0.2, -0.15) is 0 Å². The molecule has 0 aliphatic rings. The fraction of sp³-hybridized carbons (Fsp3) is 0.567. The summed E-state index contributed by atoms with van der Waals surface area (Å²) in [7, 11) is 0. The Hall–Kier alpha value is -1.89. The van der Waals surface area contributed by atoms with Crippen LogP contribution in [0.2, 0.25) is 0 Å². The number of carbonyl (C=O) groups is 1. The van der Waals surface area contributed by atoms with Crippen molar-refractivity contribution >= 4 is 5.78 Å². The number of unbranched alkanes of at least 4 members (excludes halogenated alkanes) is 2. The zero-order chi connectivity index (χ0) is 23.4. The fourth-order valence-corrected chi connectivity index (χ4v) is 3.94. The van der Waals surface area contributed by atoms with Crippen LogP contribution < -0.4 is 0 Å². The Balaban J connectivity index is 3.31. The number of carbonyl (C=O) groups excluding carboxylic acids is 1. The van der Waals surface area contributed by atoms with E-state index in [0.29, 0.717) is 17.8 Å². The van der Waals surface area contributed by atoms with Crippen molar-refractivity contribution in [2.75, 3.05) is 0 Å². The number of hydrogen-bond acceptors (Lipinski definition) is 1. The molecule has 0 spiro atoms. The fourth-order valence-electron chi connectivity index (χ4n) is 3.94. The minimum Gasteiger partial charge on any atom is -0.289 e. The lowest BCUT2D eigenvalue weighted by molar-refractivity contribution is 0.103. The van der Waals surface area contributed by atoms with Gasteiger partial charge in [0.2, 0.25) is 0 Å². The van der Waals surface area contributed by atoms with E-state index >= 15 is 0 Å². The Labute approximate surface area is 192 Å². The molecule has 0 heterocycles. The standard InChI is InChI=1S/C30H46O/c1-9-12-15-25(8)30(31)29-21-27(28(22(4)5)18-13-10-2)20-19-26(29)17-14-16-24(7)23(6)11-3/h14-16,19-21,23-24,28H,4,9-13,17-18H2,1-3,5-8H3/b16-14-,25-15+/t23?,24?,28-/m0/s1. The van der Waals surface area contributed by atoms with Gasteiger partial charge in [0.1, 0.15) is 0 Å². The van der Waals surface area contributed by atoms with Gasteiger partial charge in [-0.05, 0) is 67.7 Å². The first-order valence-electron chi connectivity index (χ1n) is 12.4. The van der Waals surface area contributed by atoms with Gasteiger partial charge in [0.05, 0.1) is 0 Å². The first kappa shape index (κ1) is 27.1. The second-order valence-corrected chi connectivity index (χ2v) is 9.34. The molecule has 0 aliphatic heterocycles. The van der Waals surface area contributed by atoms with E-state index in [1.165, 1.54) is 30.4 Å². The molecule has 0 bridgehead atoms. The quantitative estimate of drug-likeness (QED) is 0.166. The molecule has 1 heteroatoms. The number of ketones is 1. The SMILES string of the molecule is C=C(C)[C@H](CCCC)c1ccc(C/C=C\C(C)C(C)CC)c(C(=O)/C(C)=C/CCC)c1. The molecule has 1 aromatic rings. The number of hydrogen-bond donors (Lipinski definition) is 0. The summed E-state index contributed by atoms with van der Waals surface area (Å²) < 4.78 is 0. The van der Waals surface area contributed by atoms with E-state index in [9.17, 15) is 4.79 Å². The van der Waals surface area contributed by atoms with Crippen LogP contribution in [0, 0.1) is 11.8 Å². The van der Waals surface area contributed by atoms with Gasteiger partial charge in [0.25, 0.3) is 0 Å². The number of Topliss-reactive ketones (excluding diaryl/α,β-unsaturated/α-hetero) is 1. The zero-order valence-electron chi connectivity index (χ0n) is 21.3. The Morgan fingerprint density at radius 2 is 1.81 bits per heavy atom. The van der Waals surface area contributed by atoms with Crippen LogP contribution in [0.15, 0.2) is 54.2 Å². The Bertz CT molecular complexity index is 765. The Morgan fingerprint density at radius 3 is 2.39 bits per heavy atom. The first-order chi connectivity index (χ1) is 14.8. The van der Waals surface area contributed by atoms with Crippen molar-refractivity contribution in [3.63, 3.8) is 0 Å². The van der Waals surface area contributed by atoms with E-state index in [2.05, 4.69) is 84.5 Å². The monoisotopic (exact) mass is 422 g/mol. The molecule has 1 nitrogen and oxygen atoms in total. The van der Waals surface area contributed by atoms with Gasteiger partial charge < -0.3 is 0 Å². The number of rotatable bonds is 14. The Kier molecular flexibility index (Phi) is 12.5. The maximum Gasteiger partial charge on any atom is 0.188 e. The lowest BCUT2D eigenvalue weighted by atomic mass is 9.85. The summed E-state index contributed by atoms with van der Waals surface area (Å²) in [5.41, 5.74) is 5.26. The van der Waals surface area contributed by atoms with Gasteiger partial charge in [-0.3, -0.25) is 4.79 Å². The number of benzene rings is 1. The summed E-state index contributed by atoms with van der Waals surface area (Å²) in [5.74, 6) is 1.72. The average molecular weight is 423 g/mol. The minimum atomic E-state index is 0.171. The third-order valence-corrected chi connectivity index (χ3v) is 6.64. The van der Waals surface area contributed by atoms with Gasteiger partial charge in [-0.1, -0.05) is 103 Å². The van der Waals surface area contributed by atoms with Gasteiger partial charge in [-0.25, -0.2) is 0 Å². The van der Waals surface area contributed by atoms with E-state index in [1.807, 2.05) is 6.92 Å². The first-order valence-corrected chi connectivity index (χ1v) is 12.4. The van der Waals surface area contributed by atoms with Gasteiger partial charge in [-0.15, -0.1) is 0 Å². The van der Waals surface area contributed by atoms with Gasteiger partial charge in [0.15, 0.2) is 5.78 Å². The van der Waals surface area contributed by atoms with Crippen molar-refractivity contribution < 1.29 is 4.79 Å². The molecule has 0 amide bonds. The van der Waals surface area contributed by atoms with E-state index in [0.717, 1.165) is 42.4 Å².